The first-order valence-electron chi connectivity index (χ1n) is 6.27. The molecule has 3 heteroatoms. The topological polar surface area (TPSA) is 26.0 Å². The van der Waals surface area contributed by atoms with Crippen LogP contribution in [0.3, 0.4) is 0 Å². The Morgan fingerprint density at radius 2 is 2.06 bits per heavy atom. The Morgan fingerprint density at radius 1 is 1.28 bits per heavy atom. The van der Waals surface area contributed by atoms with Gasteiger partial charge in [-0.05, 0) is 55.0 Å². The van der Waals surface area contributed by atoms with Crippen molar-refractivity contribution in [3.63, 3.8) is 0 Å². The highest BCUT2D eigenvalue weighted by atomic mass is 79.9. The molecule has 1 saturated carbocycles. The summed E-state index contributed by atoms with van der Waals surface area (Å²) in [6, 6.07) is 11.0. The zero-order chi connectivity index (χ0) is 12.7. The third-order valence-electron chi connectivity index (χ3n) is 3.62. The summed E-state index contributed by atoms with van der Waals surface area (Å²) >= 11 is 5.43. The summed E-state index contributed by atoms with van der Waals surface area (Å²) in [5, 5.41) is 0. The third-order valence-corrected chi connectivity index (χ3v) is 5.70. The van der Waals surface area contributed by atoms with Crippen LogP contribution in [0.4, 0.5) is 0 Å². The minimum absolute atomic E-state index is 0.246. The molecule has 0 aliphatic heterocycles. The van der Waals surface area contributed by atoms with Crippen molar-refractivity contribution >= 4 is 27.3 Å². The second kappa shape index (κ2) is 4.80. The van der Waals surface area contributed by atoms with Crippen molar-refractivity contribution in [3.05, 3.63) is 45.2 Å². The average Bonchev–Trinajstić information content (AvgIpc) is 3.10. The molecule has 1 nitrogen and oxygen atoms in total. The molecule has 2 aromatic rings. The normalized spacial score (nSPS) is 16.8. The summed E-state index contributed by atoms with van der Waals surface area (Å²) in [6.45, 7) is 2.15. The van der Waals surface area contributed by atoms with E-state index in [0.717, 1.165) is 5.92 Å². The van der Waals surface area contributed by atoms with Gasteiger partial charge in [-0.1, -0.05) is 28.1 Å². The highest BCUT2D eigenvalue weighted by molar-refractivity contribution is 9.10. The van der Waals surface area contributed by atoms with Crippen molar-refractivity contribution in [1.82, 2.24) is 0 Å². The van der Waals surface area contributed by atoms with Gasteiger partial charge < -0.3 is 5.73 Å². The van der Waals surface area contributed by atoms with Crippen molar-refractivity contribution in [2.24, 2.45) is 11.7 Å². The summed E-state index contributed by atoms with van der Waals surface area (Å²) in [4.78, 5) is 2.65. The maximum absolute atomic E-state index is 6.26. The van der Waals surface area contributed by atoms with Crippen LogP contribution in [0.1, 0.15) is 29.3 Å². The van der Waals surface area contributed by atoms with Crippen LogP contribution in [-0.2, 0) is 0 Å². The van der Waals surface area contributed by atoms with E-state index in [9.17, 15) is 0 Å². The lowest BCUT2D eigenvalue weighted by Gasteiger charge is -2.07. The summed E-state index contributed by atoms with van der Waals surface area (Å²) in [5.74, 6) is 0.722. The third kappa shape index (κ3) is 2.27. The second-order valence-electron chi connectivity index (χ2n) is 4.98. The number of hydrogen-bond donors (Lipinski definition) is 1. The van der Waals surface area contributed by atoms with Gasteiger partial charge in [-0.2, -0.15) is 0 Å². The van der Waals surface area contributed by atoms with E-state index < -0.39 is 0 Å². The van der Waals surface area contributed by atoms with E-state index in [1.165, 1.54) is 38.2 Å². The van der Waals surface area contributed by atoms with Gasteiger partial charge in [-0.3, -0.25) is 0 Å². The van der Waals surface area contributed by atoms with Gasteiger partial charge in [0.05, 0.1) is 0 Å². The van der Waals surface area contributed by atoms with E-state index in [1.807, 2.05) is 11.3 Å². The maximum Gasteiger partial charge on any atom is 0.0418 e. The summed E-state index contributed by atoms with van der Waals surface area (Å²) in [7, 11) is 0. The fraction of sp³-hybridized carbons (Fsp3) is 0.333. The lowest BCUT2D eigenvalue weighted by Crippen LogP contribution is -2.10. The van der Waals surface area contributed by atoms with Crippen molar-refractivity contribution in [3.8, 4) is 10.4 Å². The van der Waals surface area contributed by atoms with Gasteiger partial charge in [-0.25, -0.2) is 0 Å². The van der Waals surface area contributed by atoms with E-state index in [-0.39, 0.29) is 6.04 Å². The molecule has 2 N–H and O–H groups in total. The van der Waals surface area contributed by atoms with Crippen molar-refractivity contribution in [1.29, 1.82) is 0 Å². The number of rotatable bonds is 3. The van der Waals surface area contributed by atoms with Gasteiger partial charge in [-0.15, -0.1) is 11.3 Å². The van der Waals surface area contributed by atoms with Gasteiger partial charge in [0.25, 0.3) is 0 Å². The standard InChI is InChI=1S/C15H16BrNS/c1-9-11(3-2-4-12(9)16)13-7-8-14(18-13)15(17)10-5-6-10/h2-4,7-8,10,15H,5-6,17H2,1H3. The van der Waals surface area contributed by atoms with E-state index in [1.54, 1.807) is 0 Å². The summed E-state index contributed by atoms with van der Waals surface area (Å²) < 4.78 is 1.17. The molecule has 1 aromatic heterocycles. The fourth-order valence-corrected chi connectivity index (χ4v) is 3.79. The van der Waals surface area contributed by atoms with Crippen molar-refractivity contribution < 1.29 is 0 Å². The van der Waals surface area contributed by atoms with Crippen LogP contribution in [0.15, 0.2) is 34.8 Å². The molecule has 1 unspecified atom stereocenters. The zero-order valence-electron chi connectivity index (χ0n) is 10.3. The molecule has 1 atom stereocenters. The number of hydrogen-bond acceptors (Lipinski definition) is 2. The fourth-order valence-electron chi connectivity index (χ4n) is 2.24. The van der Waals surface area contributed by atoms with Crippen LogP contribution in [0.25, 0.3) is 10.4 Å². The molecule has 1 heterocycles. The van der Waals surface area contributed by atoms with Gasteiger partial charge in [0.2, 0.25) is 0 Å². The van der Waals surface area contributed by atoms with Crippen LogP contribution >= 0.6 is 27.3 Å². The van der Waals surface area contributed by atoms with Crippen molar-refractivity contribution in [2.75, 3.05) is 0 Å². The quantitative estimate of drug-likeness (QED) is 0.855. The van der Waals surface area contributed by atoms with Gasteiger partial charge >= 0.3 is 0 Å². The van der Waals surface area contributed by atoms with E-state index in [4.69, 9.17) is 5.73 Å². The molecule has 3 rings (SSSR count). The van der Waals surface area contributed by atoms with Crippen LogP contribution in [0.2, 0.25) is 0 Å². The molecule has 0 saturated heterocycles. The molecule has 94 valence electrons. The average molecular weight is 322 g/mol. The van der Waals surface area contributed by atoms with E-state index in [0.29, 0.717) is 0 Å². The van der Waals surface area contributed by atoms with Crippen LogP contribution in [0, 0.1) is 12.8 Å². The van der Waals surface area contributed by atoms with Crippen LogP contribution < -0.4 is 5.73 Å². The Balaban J connectivity index is 1.94. The Morgan fingerprint density at radius 3 is 2.78 bits per heavy atom. The summed E-state index contributed by atoms with van der Waals surface area (Å²) in [6.07, 6.45) is 2.59. The second-order valence-corrected chi connectivity index (χ2v) is 6.95. The van der Waals surface area contributed by atoms with E-state index in [2.05, 4.69) is 53.2 Å². The Kier molecular flexibility index (Phi) is 3.31. The number of benzene rings is 1. The van der Waals surface area contributed by atoms with Gasteiger partial charge in [0.15, 0.2) is 0 Å². The predicted molar refractivity (Wildman–Crippen MR) is 81.8 cm³/mol. The SMILES string of the molecule is Cc1c(Br)cccc1-c1ccc(C(N)C2CC2)s1. The molecular formula is C15H16BrNS. The minimum Gasteiger partial charge on any atom is -0.323 e. The molecule has 0 amide bonds. The highest BCUT2D eigenvalue weighted by Crippen LogP contribution is 2.43. The molecule has 18 heavy (non-hydrogen) atoms. The molecule has 1 fully saturated rings. The van der Waals surface area contributed by atoms with Crippen LogP contribution in [-0.4, -0.2) is 0 Å². The lowest BCUT2D eigenvalue weighted by atomic mass is 10.1. The molecule has 1 aliphatic carbocycles. The van der Waals surface area contributed by atoms with Crippen LogP contribution in [0.5, 0.6) is 0 Å². The molecule has 0 radical (unpaired) electrons. The molecule has 1 aromatic carbocycles. The molecule has 1 aliphatic rings. The number of thiophene rings is 1. The number of halogens is 1. The Bertz CT molecular complexity index is 572. The molecule has 0 spiro atoms. The largest absolute Gasteiger partial charge is 0.323 e. The monoisotopic (exact) mass is 321 g/mol. The summed E-state index contributed by atoms with van der Waals surface area (Å²) in [5.41, 5.74) is 8.87. The smallest absolute Gasteiger partial charge is 0.0418 e. The Hall–Kier alpha value is -0.640. The van der Waals surface area contributed by atoms with Gasteiger partial charge in [0, 0.05) is 20.3 Å². The Labute approximate surface area is 120 Å². The van der Waals surface area contributed by atoms with E-state index >= 15 is 0 Å². The maximum atomic E-state index is 6.26. The minimum atomic E-state index is 0.246. The van der Waals surface area contributed by atoms with Gasteiger partial charge in [0.1, 0.15) is 0 Å². The zero-order valence-corrected chi connectivity index (χ0v) is 12.7. The highest BCUT2D eigenvalue weighted by Gasteiger charge is 2.30. The molecule has 0 bridgehead atoms. The number of nitrogens with two attached hydrogens (primary N) is 1. The molecular weight excluding hydrogens is 306 g/mol. The van der Waals surface area contributed by atoms with Crippen molar-refractivity contribution in [2.45, 2.75) is 25.8 Å². The predicted octanol–water partition coefficient (Wildman–Crippen LogP) is 4.90. The lowest BCUT2D eigenvalue weighted by molar-refractivity contribution is 0.645. The first-order valence-corrected chi connectivity index (χ1v) is 7.88. The first-order chi connectivity index (χ1) is 8.66. The first kappa shape index (κ1) is 12.4.